The fourth-order valence-electron chi connectivity index (χ4n) is 1.72. The maximum atomic E-state index is 5.50. The van der Waals surface area contributed by atoms with E-state index in [2.05, 4.69) is 40.8 Å². The first-order valence-corrected chi connectivity index (χ1v) is 7.88. The van der Waals surface area contributed by atoms with Crippen LogP contribution in [-0.2, 0) is 0 Å². The summed E-state index contributed by atoms with van der Waals surface area (Å²) >= 11 is 5.98. The molecule has 20 heavy (non-hydrogen) atoms. The fraction of sp³-hybridized carbons (Fsp3) is 0.100. The second-order valence-corrected chi connectivity index (χ2v) is 6.41. The molecule has 0 radical (unpaired) electrons. The van der Waals surface area contributed by atoms with Gasteiger partial charge in [-0.25, -0.2) is 0 Å². The molecule has 4 aromatic rings. The zero-order valence-electron chi connectivity index (χ0n) is 9.94. The molecular formula is C10H5BrN6OS2. The molecule has 4 heterocycles. The van der Waals surface area contributed by atoms with Crippen LogP contribution < -0.4 is 0 Å². The molecule has 4 aromatic heterocycles. The largest absolute Gasteiger partial charge is 0.447 e. The van der Waals surface area contributed by atoms with Crippen LogP contribution in [0.4, 0.5) is 0 Å². The molecule has 0 amide bonds. The van der Waals surface area contributed by atoms with Crippen LogP contribution in [0.1, 0.15) is 5.69 Å². The van der Waals surface area contributed by atoms with E-state index in [4.69, 9.17) is 4.42 Å². The lowest BCUT2D eigenvalue weighted by molar-refractivity contribution is 0.554. The Hall–Kier alpha value is -1.65. The van der Waals surface area contributed by atoms with E-state index in [-0.39, 0.29) is 0 Å². The summed E-state index contributed by atoms with van der Waals surface area (Å²) in [7, 11) is 0. The summed E-state index contributed by atoms with van der Waals surface area (Å²) in [6, 6.07) is 3.69. The number of hydrogen-bond acceptors (Lipinski definition) is 8. The van der Waals surface area contributed by atoms with Gasteiger partial charge >= 0.3 is 0 Å². The Balaban J connectivity index is 1.89. The molecule has 0 fully saturated rings. The van der Waals surface area contributed by atoms with Crippen molar-refractivity contribution in [1.82, 2.24) is 29.4 Å². The summed E-state index contributed by atoms with van der Waals surface area (Å²) in [4.78, 5) is 1.57. The molecule has 0 aliphatic heterocycles. The zero-order valence-corrected chi connectivity index (χ0v) is 13.2. The van der Waals surface area contributed by atoms with Gasteiger partial charge in [-0.15, -0.1) is 20.4 Å². The maximum absolute atomic E-state index is 5.50. The first-order chi connectivity index (χ1) is 9.72. The van der Waals surface area contributed by atoms with Crippen LogP contribution in [-0.4, -0.2) is 29.4 Å². The number of halogens is 1. The Bertz CT molecular complexity index is 906. The van der Waals surface area contributed by atoms with Crippen molar-refractivity contribution in [1.29, 1.82) is 0 Å². The van der Waals surface area contributed by atoms with E-state index in [0.717, 1.165) is 15.6 Å². The topological polar surface area (TPSA) is 82.0 Å². The van der Waals surface area contributed by atoms with Crippen LogP contribution >= 0.6 is 38.8 Å². The number of furan rings is 1. The molecule has 4 rings (SSSR count). The van der Waals surface area contributed by atoms with Gasteiger partial charge in [0.15, 0.2) is 21.3 Å². The van der Waals surface area contributed by atoms with E-state index in [1.54, 1.807) is 4.52 Å². The Morgan fingerprint density at radius 1 is 1.25 bits per heavy atom. The van der Waals surface area contributed by atoms with Gasteiger partial charge in [0.25, 0.3) is 0 Å². The van der Waals surface area contributed by atoms with E-state index >= 15 is 0 Å². The van der Waals surface area contributed by atoms with Gasteiger partial charge in [0, 0.05) is 0 Å². The van der Waals surface area contributed by atoms with Crippen LogP contribution in [0.15, 0.2) is 21.2 Å². The summed E-state index contributed by atoms with van der Waals surface area (Å²) < 4.78 is 11.8. The number of hydrogen-bond donors (Lipinski definition) is 0. The Kier molecular flexibility index (Phi) is 2.69. The number of fused-ring (bicyclic) bond motifs is 1. The number of aromatic nitrogens is 6. The van der Waals surface area contributed by atoms with E-state index in [9.17, 15) is 0 Å². The van der Waals surface area contributed by atoms with Gasteiger partial charge in [0.05, 0.1) is 5.69 Å². The number of nitrogens with zero attached hydrogens (tertiary/aromatic N) is 6. The van der Waals surface area contributed by atoms with Crippen molar-refractivity contribution in [2.75, 3.05) is 0 Å². The summed E-state index contributed by atoms with van der Waals surface area (Å²) in [5.74, 6) is 1.35. The lowest BCUT2D eigenvalue weighted by Gasteiger charge is -1.91. The standard InChI is InChI=1S/C10H5BrN6OS2/c1-4-7(20-16-12-4)8-13-14-10-17(8)15-9(19-10)5-2-3-6(11)18-5/h2-3H,1H3. The predicted molar refractivity (Wildman–Crippen MR) is 77.7 cm³/mol. The average Bonchev–Trinajstić information content (AvgIpc) is 3.12. The third-order valence-electron chi connectivity index (χ3n) is 2.63. The molecule has 0 saturated heterocycles. The SMILES string of the molecule is Cc1nnsc1-c1nnc2sc(-c3ccc(Br)o3)nn12. The van der Waals surface area contributed by atoms with Gasteiger partial charge in [-0.05, 0) is 46.5 Å². The van der Waals surface area contributed by atoms with Gasteiger partial charge in [0.2, 0.25) is 4.96 Å². The highest BCUT2D eigenvalue weighted by Crippen LogP contribution is 2.31. The molecule has 100 valence electrons. The lowest BCUT2D eigenvalue weighted by Crippen LogP contribution is -1.90. The van der Waals surface area contributed by atoms with E-state index in [0.29, 0.717) is 21.2 Å². The second-order valence-electron chi connectivity index (χ2n) is 3.92. The summed E-state index contributed by atoms with van der Waals surface area (Å²) in [5.41, 5.74) is 0.819. The van der Waals surface area contributed by atoms with Gasteiger partial charge < -0.3 is 4.42 Å². The molecule has 0 atom stereocenters. The van der Waals surface area contributed by atoms with Crippen LogP contribution in [0.2, 0.25) is 0 Å². The molecule has 0 N–H and O–H groups in total. The minimum absolute atomic E-state index is 0.653. The Labute approximate surface area is 128 Å². The van der Waals surface area contributed by atoms with Crippen LogP contribution in [0.5, 0.6) is 0 Å². The number of rotatable bonds is 2. The molecule has 0 aliphatic rings. The molecule has 10 heteroatoms. The molecule has 0 aromatic carbocycles. The average molecular weight is 369 g/mol. The third-order valence-corrected chi connectivity index (χ3v) is 4.79. The first-order valence-electron chi connectivity index (χ1n) is 5.49. The molecular weight excluding hydrogens is 364 g/mol. The normalized spacial score (nSPS) is 11.5. The van der Waals surface area contributed by atoms with Crippen molar-refractivity contribution in [3.8, 4) is 21.5 Å². The summed E-state index contributed by atoms with van der Waals surface area (Å²) in [6.45, 7) is 1.89. The van der Waals surface area contributed by atoms with Gasteiger partial charge in [-0.1, -0.05) is 15.8 Å². The van der Waals surface area contributed by atoms with Crippen molar-refractivity contribution in [3.05, 3.63) is 22.5 Å². The van der Waals surface area contributed by atoms with Crippen LogP contribution in [0, 0.1) is 6.92 Å². The fourth-order valence-corrected chi connectivity index (χ4v) is 3.46. The van der Waals surface area contributed by atoms with Crippen molar-refractivity contribution in [2.45, 2.75) is 6.92 Å². The number of aryl methyl sites for hydroxylation is 1. The maximum Gasteiger partial charge on any atom is 0.235 e. The molecule has 0 unspecified atom stereocenters. The van der Waals surface area contributed by atoms with Gasteiger partial charge in [0.1, 0.15) is 4.88 Å². The van der Waals surface area contributed by atoms with E-state index in [1.807, 2.05) is 19.1 Å². The molecule has 0 saturated carbocycles. The van der Waals surface area contributed by atoms with Crippen molar-refractivity contribution in [2.24, 2.45) is 0 Å². The van der Waals surface area contributed by atoms with Crippen molar-refractivity contribution < 1.29 is 4.42 Å². The Morgan fingerprint density at radius 3 is 2.85 bits per heavy atom. The summed E-state index contributed by atoms with van der Waals surface area (Å²) in [6.07, 6.45) is 0. The lowest BCUT2D eigenvalue weighted by atomic mass is 10.4. The van der Waals surface area contributed by atoms with E-state index < -0.39 is 0 Å². The third kappa shape index (κ3) is 1.79. The van der Waals surface area contributed by atoms with E-state index in [1.165, 1.54) is 22.9 Å². The quantitative estimate of drug-likeness (QED) is 0.540. The predicted octanol–water partition coefficient (Wildman–Crippen LogP) is 3.04. The van der Waals surface area contributed by atoms with Crippen molar-refractivity contribution >= 4 is 43.8 Å². The zero-order chi connectivity index (χ0) is 13.7. The highest BCUT2D eigenvalue weighted by Gasteiger charge is 2.19. The highest BCUT2D eigenvalue weighted by molar-refractivity contribution is 9.10. The Morgan fingerprint density at radius 2 is 2.15 bits per heavy atom. The molecule has 0 spiro atoms. The molecule has 7 nitrogen and oxygen atoms in total. The molecule has 0 aliphatic carbocycles. The molecule has 0 bridgehead atoms. The van der Waals surface area contributed by atoms with Crippen LogP contribution in [0.3, 0.4) is 0 Å². The first kappa shape index (κ1) is 12.1. The van der Waals surface area contributed by atoms with Crippen LogP contribution in [0.25, 0.3) is 26.4 Å². The monoisotopic (exact) mass is 368 g/mol. The minimum Gasteiger partial charge on any atom is -0.447 e. The second kappa shape index (κ2) is 4.43. The summed E-state index contributed by atoms with van der Waals surface area (Å²) in [5, 5.41) is 17.5. The minimum atomic E-state index is 0.653. The highest BCUT2D eigenvalue weighted by atomic mass is 79.9. The van der Waals surface area contributed by atoms with Gasteiger partial charge in [-0.2, -0.15) is 4.52 Å². The smallest absolute Gasteiger partial charge is 0.235 e. The van der Waals surface area contributed by atoms with Crippen molar-refractivity contribution in [3.63, 3.8) is 0 Å². The van der Waals surface area contributed by atoms with Gasteiger partial charge in [-0.3, -0.25) is 0 Å².